The number of fused-ring (bicyclic) bond motifs is 2. The van der Waals surface area contributed by atoms with Gasteiger partial charge in [-0.1, -0.05) is 29.8 Å². The number of hydrogen-bond donors (Lipinski definition) is 0. The highest BCUT2D eigenvalue weighted by molar-refractivity contribution is 5.84. The van der Waals surface area contributed by atoms with E-state index in [4.69, 9.17) is 19.7 Å². The largest absolute Gasteiger partial charge is 0.454 e. The van der Waals surface area contributed by atoms with Gasteiger partial charge in [-0.15, -0.1) is 0 Å². The van der Waals surface area contributed by atoms with Crippen molar-refractivity contribution in [1.29, 1.82) is 5.26 Å². The summed E-state index contributed by atoms with van der Waals surface area (Å²) in [5.41, 5.74) is 4.05. The lowest BCUT2D eigenvalue weighted by molar-refractivity contribution is 0.174. The van der Waals surface area contributed by atoms with Crippen LogP contribution in [-0.4, -0.2) is 16.3 Å². The third-order valence-corrected chi connectivity index (χ3v) is 4.00. The van der Waals surface area contributed by atoms with E-state index in [2.05, 4.69) is 41.8 Å². The van der Waals surface area contributed by atoms with Gasteiger partial charge in [-0.2, -0.15) is 5.26 Å². The normalized spacial score (nSPS) is 12.5. The first-order valence-corrected chi connectivity index (χ1v) is 7.50. The molecular weight excluding hydrogens is 290 g/mol. The fourth-order valence-corrected chi connectivity index (χ4v) is 2.83. The Labute approximate surface area is 133 Å². The van der Waals surface area contributed by atoms with Gasteiger partial charge >= 0.3 is 0 Å². The van der Waals surface area contributed by atoms with Gasteiger partial charge in [0.1, 0.15) is 5.82 Å². The first-order chi connectivity index (χ1) is 11.3. The number of benzene rings is 2. The third kappa shape index (κ3) is 2.29. The Bertz CT molecular complexity index is 920. The zero-order valence-electron chi connectivity index (χ0n) is 12.7. The zero-order valence-corrected chi connectivity index (χ0v) is 12.7. The van der Waals surface area contributed by atoms with Crippen LogP contribution in [0, 0.1) is 18.3 Å². The average Bonchev–Trinajstić information content (AvgIpc) is 3.15. The summed E-state index contributed by atoms with van der Waals surface area (Å²) in [5, 5.41) is 8.96. The summed E-state index contributed by atoms with van der Waals surface area (Å²) < 4.78 is 13.0. The summed E-state index contributed by atoms with van der Waals surface area (Å²) in [6.45, 7) is 2.89. The van der Waals surface area contributed by atoms with Crippen LogP contribution in [-0.2, 0) is 6.54 Å². The number of hydrogen-bond acceptors (Lipinski definition) is 4. The maximum Gasteiger partial charge on any atom is 0.231 e. The summed E-state index contributed by atoms with van der Waals surface area (Å²) >= 11 is 0. The minimum Gasteiger partial charge on any atom is -0.454 e. The van der Waals surface area contributed by atoms with E-state index in [1.54, 1.807) is 0 Å². The molecule has 0 saturated carbocycles. The van der Waals surface area contributed by atoms with Crippen LogP contribution in [0.5, 0.6) is 11.5 Å². The Kier molecular flexibility index (Phi) is 3.16. The highest BCUT2D eigenvalue weighted by Crippen LogP contribution is 2.37. The molecule has 0 spiro atoms. The minimum atomic E-state index is 0.241. The van der Waals surface area contributed by atoms with Gasteiger partial charge in [-0.25, -0.2) is 4.98 Å². The van der Waals surface area contributed by atoms with E-state index in [0.717, 1.165) is 33.9 Å². The first-order valence-electron chi connectivity index (χ1n) is 7.50. The van der Waals surface area contributed by atoms with Crippen molar-refractivity contribution in [3.8, 4) is 29.0 Å². The molecule has 0 aliphatic carbocycles. The monoisotopic (exact) mass is 305 g/mol. The molecule has 1 aliphatic heterocycles. The Morgan fingerprint density at radius 3 is 2.65 bits per heavy atom. The van der Waals surface area contributed by atoms with Crippen molar-refractivity contribution in [1.82, 2.24) is 9.55 Å². The van der Waals surface area contributed by atoms with Gasteiger partial charge in [0.15, 0.2) is 11.5 Å². The van der Waals surface area contributed by atoms with Crippen LogP contribution in [0.25, 0.3) is 22.4 Å². The second-order valence-corrected chi connectivity index (χ2v) is 5.56. The Morgan fingerprint density at radius 2 is 1.91 bits per heavy atom. The van der Waals surface area contributed by atoms with Crippen LogP contribution < -0.4 is 9.47 Å². The number of nitrogens with zero attached hydrogens (tertiary/aromatic N) is 3. The van der Waals surface area contributed by atoms with E-state index in [1.807, 2.05) is 12.1 Å². The second kappa shape index (κ2) is 5.33. The molecule has 0 amide bonds. The molecule has 3 aromatic rings. The lowest BCUT2D eigenvalue weighted by atomic mass is 10.1. The van der Waals surface area contributed by atoms with Crippen molar-refractivity contribution in [2.75, 3.05) is 6.79 Å². The molecule has 1 aliphatic rings. The van der Waals surface area contributed by atoms with E-state index < -0.39 is 0 Å². The number of aromatic nitrogens is 2. The minimum absolute atomic E-state index is 0.241. The van der Waals surface area contributed by atoms with Crippen LogP contribution in [0.4, 0.5) is 0 Å². The Hall–Kier alpha value is -3.00. The lowest BCUT2D eigenvalue weighted by Crippen LogP contribution is -2.00. The molecule has 2 aromatic carbocycles. The molecule has 0 unspecified atom stereocenters. The van der Waals surface area contributed by atoms with Gasteiger partial charge < -0.3 is 14.0 Å². The van der Waals surface area contributed by atoms with E-state index in [9.17, 15) is 0 Å². The van der Waals surface area contributed by atoms with Gasteiger partial charge in [0.2, 0.25) is 6.79 Å². The molecule has 23 heavy (non-hydrogen) atoms. The molecule has 5 heteroatoms. The summed E-state index contributed by atoms with van der Waals surface area (Å²) in [5.74, 6) is 2.31. The van der Waals surface area contributed by atoms with Crippen LogP contribution in [0.15, 0.2) is 36.4 Å². The number of imidazole rings is 1. The van der Waals surface area contributed by atoms with Crippen molar-refractivity contribution in [3.05, 3.63) is 42.0 Å². The van der Waals surface area contributed by atoms with Crippen LogP contribution in [0.1, 0.15) is 12.0 Å². The fraction of sp³-hybridized carbons (Fsp3) is 0.222. The van der Waals surface area contributed by atoms with Crippen LogP contribution in [0.3, 0.4) is 0 Å². The van der Waals surface area contributed by atoms with Gasteiger partial charge in [0.05, 0.1) is 23.5 Å². The quantitative estimate of drug-likeness (QED) is 0.741. The smallest absolute Gasteiger partial charge is 0.231 e. The molecule has 0 fully saturated rings. The summed E-state index contributed by atoms with van der Waals surface area (Å²) in [6, 6.07) is 14.3. The highest BCUT2D eigenvalue weighted by Gasteiger charge is 2.19. The number of aryl methyl sites for hydroxylation is 2. The summed E-state index contributed by atoms with van der Waals surface area (Å²) in [6.07, 6.45) is 0.429. The van der Waals surface area contributed by atoms with Crippen molar-refractivity contribution < 1.29 is 9.47 Å². The van der Waals surface area contributed by atoms with Gasteiger partial charge in [-0.05, 0) is 6.92 Å². The molecule has 4 rings (SSSR count). The maximum atomic E-state index is 8.96. The molecule has 1 aromatic heterocycles. The lowest BCUT2D eigenvalue weighted by Gasteiger charge is -2.07. The van der Waals surface area contributed by atoms with Gasteiger partial charge in [0, 0.05) is 24.2 Å². The third-order valence-electron chi connectivity index (χ3n) is 4.00. The number of nitriles is 1. The molecule has 0 N–H and O–H groups in total. The second-order valence-electron chi connectivity index (χ2n) is 5.56. The summed E-state index contributed by atoms with van der Waals surface area (Å²) in [4.78, 5) is 4.76. The molecule has 5 nitrogen and oxygen atoms in total. The highest BCUT2D eigenvalue weighted by atomic mass is 16.7. The van der Waals surface area contributed by atoms with Gasteiger partial charge in [0.25, 0.3) is 0 Å². The van der Waals surface area contributed by atoms with E-state index in [1.165, 1.54) is 5.56 Å². The number of ether oxygens (including phenoxy) is 2. The van der Waals surface area contributed by atoms with Crippen molar-refractivity contribution in [3.63, 3.8) is 0 Å². The van der Waals surface area contributed by atoms with Crippen LogP contribution in [0.2, 0.25) is 0 Å². The SMILES string of the molecule is Cc1ccc(-c2nc3cc4c(cc3n2CCC#N)OCO4)cc1. The average molecular weight is 305 g/mol. The molecule has 0 atom stereocenters. The summed E-state index contributed by atoms with van der Waals surface area (Å²) in [7, 11) is 0. The van der Waals surface area contributed by atoms with Crippen LogP contribution >= 0.6 is 0 Å². The van der Waals surface area contributed by atoms with E-state index in [0.29, 0.717) is 13.0 Å². The molecule has 114 valence electrons. The molecule has 0 saturated heterocycles. The molecule has 0 radical (unpaired) electrons. The van der Waals surface area contributed by atoms with Crippen molar-refractivity contribution >= 4 is 11.0 Å². The standard InChI is InChI=1S/C18H15N3O2/c1-12-3-5-13(6-4-12)18-20-14-9-16-17(23-11-22-16)10-15(14)21(18)8-2-7-19/h3-6,9-10H,2,8,11H2,1H3. The fourth-order valence-electron chi connectivity index (χ4n) is 2.83. The Morgan fingerprint density at radius 1 is 1.17 bits per heavy atom. The van der Waals surface area contributed by atoms with Crippen molar-refractivity contribution in [2.24, 2.45) is 0 Å². The topological polar surface area (TPSA) is 60.1 Å². The van der Waals surface area contributed by atoms with E-state index in [-0.39, 0.29) is 6.79 Å². The zero-order chi connectivity index (χ0) is 15.8. The Balaban J connectivity index is 1.92. The first kappa shape index (κ1) is 13.6. The molecule has 2 heterocycles. The van der Waals surface area contributed by atoms with Gasteiger partial charge in [-0.3, -0.25) is 0 Å². The predicted octanol–water partition coefficient (Wildman–Crippen LogP) is 3.65. The molecular formula is C18H15N3O2. The maximum absolute atomic E-state index is 8.96. The number of rotatable bonds is 3. The molecule has 0 bridgehead atoms. The van der Waals surface area contributed by atoms with E-state index >= 15 is 0 Å². The predicted molar refractivity (Wildman–Crippen MR) is 86.3 cm³/mol. The van der Waals surface area contributed by atoms with Crippen molar-refractivity contribution in [2.45, 2.75) is 19.9 Å².